The first-order valence-electron chi connectivity index (χ1n) is 12.9. The number of thioether (sulfide) groups is 1. The summed E-state index contributed by atoms with van der Waals surface area (Å²) in [7, 11) is 1.54. The van der Waals surface area contributed by atoms with Crippen LogP contribution in [0.3, 0.4) is 0 Å². The summed E-state index contributed by atoms with van der Waals surface area (Å²) in [6, 6.07) is 0.912. The molecule has 1 aromatic rings. The van der Waals surface area contributed by atoms with E-state index in [1.54, 1.807) is 21.0 Å². The van der Waals surface area contributed by atoms with E-state index in [4.69, 9.17) is 4.74 Å². The zero-order valence-corrected chi connectivity index (χ0v) is 23.4. The Balaban J connectivity index is 2.12. The van der Waals surface area contributed by atoms with Gasteiger partial charge >= 0.3 is 12.3 Å². The highest BCUT2D eigenvalue weighted by Crippen LogP contribution is 2.48. The fourth-order valence-electron chi connectivity index (χ4n) is 5.11. The molecule has 3 amide bonds. The van der Waals surface area contributed by atoms with Gasteiger partial charge in [0.05, 0.1) is 29.5 Å². The van der Waals surface area contributed by atoms with Gasteiger partial charge in [-0.1, -0.05) is 0 Å². The summed E-state index contributed by atoms with van der Waals surface area (Å²) in [4.78, 5) is 42.8. The number of amides is 3. The molecule has 2 aliphatic heterocycles. The van der Waals surface area contributed by atoms with Gasteiger partial charge in [-0.15, -0.1) is 11.8 Å². The van der Waals surface area contributed by atoms with Crippen LogP contribution in [0.2, 0.25) is 0 Å². The van der Waals surface area contributed by atoms with E-state index in [0.717, 1.165) is 23.9 Å². The van der Waals surface area contributed by atoms with E-state index in [1.807, 2.05) is 0 Å². The Morgan fingerprint density at radius 1 is 1.28 bits per heavy atom. The van der Waals surface area contributed by atoms with Crippen LogP contribution in [-0.2, 0) is 15.7 Å². The van der Waals surface area contributed by atoms with Gasteiger partial charge in [-0.2, -0.15) is 13.2 Å². The van der Waals surface area contributed by atoms with Gasteiger partial charge in [0, 0.05) is 44.3 Å². The van der Waals surface area contributed by atoms with Crippen molar-refractivity contribution in [2.75, 3.05) is 44.9 Å². The van der Waals surface area contributed by atoms with E-state index >= 15 is 0 Å². The van der Waals surface area contributed by atoms with Crippen LogP contribution < -0.4 is 4.90 Å². The van der Waals surface area contributed by atoms with E-state index in [0.29, 0.717) is 38.8 Å². The number of carbonyl (C=O) groups excluding carboxylic acids is 2. The maximum absolute atomic E-state index is 14.4. The molecule has 0 saturated carbocycles. The summed E-state index contributed by atoms with van der Waals surface area (Å²) >= 11 is 0.849. The molecular formula is C26H36F3N3O6S. The lowest BCUT2D eigenvalue weighted by molar-refractivity contribution is -0.138. The third-order valence-corrected chi connectivity index (χ3v) is 8.39. The molecule has 0 bridgehead atoms. The number of hydrogen-bond acceptors (Lipinski definition) is 6. The fourth-order valence-corrected chi connectivity index (χ4v) is 6.31. The summed E-state index contributed by atoms with van der Waals surface area (Å²) in [5.74, 6) is -1.33. The quantitative estimate of drug-likeness (QED) is 0.422. The van der Waals surface area contributed by atoms with Crippen LogP contribution in [0.5, 0.6) is 0 Å². The van der Waals surface area contributed by atoms with Crippen LogP contribution in [-0.4, -0.2) is 94.7 Å². The molecule has 9 nitrogen and oxygen atoms in total. The molecule has 1 aromatic carbocycles. The molecule has 3 rings (SSSR count). The van der Waals surface area contributed by atoms with Gasteiger partial charge in [-0.25, -0.2) is 4.79 Å². The minimum atomic E-state index is -4.87. The Kier molecular flexibility index (Phi) is 9.82. The number of methoxy groups -OCH3 is 1. The second-order valence-corrected chi connectivity index (χ2v) is 11.9. The number of fused-ring (bicyclic) bond motifs is 1. The molecular weight excluding hydrogens is 539 g/mol. The second-order valence-electron chi connectivity index (χ2n) is 10.3. The van der Waals surface area contributed by atoms with Crippen molar-refractivity contribution >= 4 is 35.4 Å². The third kappa shape index (κ3) is 6.63. The molecule has 1 unspecified atom stereocenters. The zero-order valence-electron chi connectivity index (χ0n) is 22.6. The summed E-state index contributed by atoms with van der Waals surface area (Å²) < 4.78 is 46.8. The number of alkyl halides is 3. The van der Waals surface area contributed by atoms with Gasteiger partial charge in [0.2, 0.25) is 5.91 Å². The molecule has 0 aliphatic carbocycles. The number of nitrogens with zero attached hydrogens (tertiary/aromatic N) is 3. The molecule has 0 aromatic heterocycles. The van der Waals surface area contributed by atoms with Crippen molar-refractivity contribution < 1.29 is 42.5 Å². The number of halogens is 3. The number of unbranched alkanes of at least 4 members (excludes halogenated alkanes) is 1. The van der Waals surface area contributed by atoms with Crippen LogP contribution in [0.4, 0.5) is 23.7 Å². The first-order valence-corrected chi connectivity index (χ1v) is 13.7. The Morgan fingerprint density at radius 2 is 1.97 bits per heavy atom. The van der Waals surface area contributed by atoms with Gasteiger partial charge in [-0.05, 0) is 58.6 Å². The highest BCUT2D eigenvalue weighted by Gasteiger charge is 2.46. The maximum Gasteiger partial charge on any atom is 0.417 e. The van der Waals surface area contributed by atoms with Crippen molar-refractivity contribution in [3.8, 4) is 0 Å². The standard InChI is InChI=1S/C26H36F3N3O6S/c1-16(2)32(17-8-7-9-30(14-17)24(36)37)22(34)18-12-20-21(13-19(18)26(27,28)29)39-25(3,15-33)23(35)31(20)10-5-6-11-38-4/h12-13,16-17,33H,5-11,14-15H2,1-4H3,(H,36,37)/t17-,25?/m1/s1. The van der Waals surface area contributed by atoms with Crippen molar-refractivity contribution in [2.45, 2.75) is 74.4 Å². The zero-order chi connectivity index (χ0) is 29.1. The number of anilines is 1. The average Bonchev–Trinajstić information content (AvgIpc) is 2.87. The molecule has 218 valence electrons. The average molecular weight is 576 g/mol. The van der Waals surface area contributed by atoms with Crippen LogP contribution in [0.1, 0.15) is 62.4 Å². The molecule has 13 heteroatoms. The summed E-state index contributed by atoms with van der Waals surface area (Å²) in [6.07, 6.45) is -3.98. The largest absolute Gasteiger partial charge is 0.465 e. The molecule has 0 spiro atoms. The smallest absolute Gasteiger partial charge is 0.417 e. The van der Waals surface area contributed by atoms with Gasteiger partial charge in [0.25, 0.3) is 5.91 Å². The number of aliphatic hydroxyl groups is 1. The molecule has 0 radical (unpaired) electrons. The van der Waals surface area contributed by atoms with Crippen molar-refractivity contribution in [2.24, 2.45) is 0 Å². The van der Waals surface area contributed by atoms with Gasteiger partial charge in [0.1, 0.15) is 4.75 Å². The normalized spacial score (nSPS) is 21.8. The number of benzene rings is 1. The molecule has 1 fully saturated rings. The monoisotopic (exact) mass is 575 g/mol. The molecule has 39 heavy (non-hydrogen) atoms. The van der Waals surface area contributed by atoms with E-state index < -0.39 is 58.6 Å². The number of aliphatic hydroxyl groups excluding tert-OH is 1. The number of rotatable bonds is 9. The summed E-state index contributed by atoms with van der Waals surface area (Å²) in [5, 5.41) is 19.4. The third-order valence-electron chi connectivity index (χ3n) is 7.09. The van der Waals surface area contributed by atoms with Crippen molar-refractivity contribution in [1.29, 1.82) is 0 Å². The Hall–Kier alpha value is -2.51. The van der Waals surface area contributed by atoms with Crippen molar-refractivity contribution in [1.82, 2.24) is 9.80 Å². The van der Waals surface area contributed by atoms with Gasteiger partial charge in [0.15, 0.2) is 0 Å². The summed E-state index contributed by atoms with van der Waals surface area (Å²) in [6.45, 7) is 5.17. The van der Waals surface area contributed by atoms with Crippen LogP contribution >= 0.6 is 11.8 Å². The molecule has 2 N–H and O–H groups in total. The highest BCUT2D eigenvalue weighted by atomic mass is 32.2. The Morgan fingerprint density at radius 3 is 2.54 bits per heavy atom. The first-order chi connectivity index (χ1) is 18.2. The summed E-state index contributed by atoms with van der Waals surface area (Å²) in [5.41, 5.74) is -1.54. The SMILES string of the molecule is COCCCCN1C(=O)C(C)(CO)Sc2cc(C(F)(F)F)c(C(=O)N(C(C)C)[C@@H]3CCCN(C(=O)O)C3)cc21. The van der Waals surface area contributed by atoms with E-state index in [1.165, 1.54) is 21.6 Å². The van der Waals surface area contributed by atoms with Crippen molar-refractivity contribution in [3.63, 3.8) is 0 Å². The number of carboxylic acid groups (broad SMARTS) is 1. The van der Waals surface area contributed by atoms with Crippen molar-refractivity contribution in [3.05, 3.63) is 23.3 Å². The molecule has 2 atom stereocenters. The molecule has 1 saturated heterocycles. The van der Waals surface area contributed by atoms with Gasteiger partial charge in [-0.3, -0.25) is 9.59 Å². The van der Waals surface area contributed by atoms with Crippen LogP contribution in [0, 0.1) is 0 Å². The topological polar surface area (TPSA) is 111 Å². The van der Waals surface area contributed by atoms with E-state index in [2.05, 4.69) is 0 Å². The van der Waals surface area contributed by atoms with Crippen LogP contribution in [0.15, 0.2) is 17.0 Å². The Labute approximate surface area is 230 Å². The number of ether oxygens (including phenoxy) is 1. The maximum atomic E-state index is 14.4. The lowest BCUT2D eigenvalue weighted by Gasteiger charge is -2.42. The lowest BCUT2D eigenvalue weighted by Crippen LogP contribution is -2.54. The molecule has 2 heterocycles. The minimum absolute atomic E-state index is 0.000359. The number of likely N-dealkylation sites (tertiary alicyclic amines) is 1. The number of piperidine rings is 1. The fraction of sp³-hybridized carbons (Fsp3) is 0.654. The first kappa shape index (κ1) is 31.0. The highest BCUT2D eigenvalue weighted by molar-refractivity contribution is 8.01. The second kappa shape index (κ2) is 12.3. The number of carbonyl (C=O) groups is 3. The van der Waals surface area contributed by atoms with E-state index in [-0.39, 0.29) is 23.7 Å². The lowest BCUT2D eigenvalue weighted by atomic mass is 9.98. The van der Waals surface area contributed by atoms with Crippen LogP contribution in [0.25, 0.3) is 0 Å². The Bertz CT molecular complexity index is 1090. The van der Waals surface area contributed by atoms with Gasteiger partial charge < -0.3 is 29.6 Å². The number of hydrogen-bond donors (Lipinski definition) is 2. The minimum Gasteiger partial charge on any atom is -0.465 e. The molecule has 2 aliphatic rings. The predicted octanol–water partition coefficient (Wildman–Crippen LogP) is 4.31. The van der Waals surface area contributed by atoms with E-state index in [9.17, 15) is 37.8 Å². The predicted molar refractivity (Wildman–Crippen MR) is 140 cm³/mol.